The number of rotatable bonds is 2. The van der Waals surface area contributed by atoms with Crippen LogP contribution in [-0.4, -0.2) is 17.6 Å². The summed E-state index contributed by atoms with van der Waals surface area (Å²) < 4.78 is 5.23. The molecular weight excluding hydrogens is 262 g/mol. The minimum atomic E-state index is -0.249. The van der Waals surface area contributed by atoms with Gasteiger partial charge in [0.1, 0.15) is 0 Å². The number of hydrogen-bond acceptors (Lipinski definition) is 3. The molecule has 0 atom stereocenters. The number of hydrogen-bond donors (Lipinski definition) is 0. The number of carbonyl (C=O) groups is 1. The summed E-state index contributed by atoms with van der Waals surface area (Å²) in [5, 5.41) is 0. The van der Waals surface area contributed by atoms with Crippen molar-refractivity contribution < 1.29 is 9.53 Å². The highest BCUT2D eigenvalue weighted by atomic mass is 16.5. The number of nitrogens with zero attached hydrogens (tertiary/aromatic N) is 1. The smallest absolute Gasteiger partial charge is 0.340 e. The number of pyridine rings is 1. The molecular formula is C18H27NO2. The first-order valence-corrected chi connectivity index (χ1v) is 7.89. The van der Waals surface area contributed by atoms with Gasteiger partial charge in [0.05, 0.1) is 17.9 Å². The predicted molar refractivity (Wildman–Crippen MR) is 84.9 cm³/mol. The van der Waals surface area contributed by atoms with Crippen molar-refractivity contribution in [2.75, 3.05) is 6.61 Å². The molecule has 0 spiro atoms. The highest BCUT2D eigenvalue weighted by Gasteiger charge is 2.33. The number of carbonyl (C=O) groups excluding carboxylic acids is 1. The Kier molecular flexibility index (Phi) is 4.14. The van der Waals surface area contributed by atoms with Crippen LogP contribution in [0, 0.1) is 0 Å². The van der Waals surface area contributed by atoms with Crippen molar-refractivity contribution in [3.8, 4) is 0 Å². The minimum Gasteiger partial charge on any atom is -0.462 e. The summed E-state index contributed by atoms with van der Waals surface area (Å²) in [7, 11) is 0. The van der Waals surface area contributed by atoms with Crippen molar-refractivity contribution in [3.63, 3.8) is 0 Å². The molecule has 0 saturated carbocycles. The Morgan fingerprint density at radius 3 is 2.62 bits per heavy atom. The Morgan fingerprint density at radius 2 is 2.05 bits per heavy atom. The molecule has 0 fully saturated rings. The summed E-state index contributed by atoms with van der Waals surface area (Å²) in [6, 6.07) is 2.03. The number of ether oxygens (including phenoxy) is 1. The third-order valence-corrected chi connectivity index (χ3v) is 4.20. The molecule has 0 N–H and O–H groups in total. The lowest BCUT2D eigenvalue weighted by Crippen LogP contribution is -2.30. The van der Waals surface area contributed by atoms with Gasteiger partial charge >= 0.3 is 5.97 Å². The topological polar surface area (TPSA) is 39.2 Å². The molecule has 3 nitrogen and oxygen atoms in total. The van der Waals surface area contributed by atoms with Gasteiger partial charge in [0.2, 0.25) is 0 Å². The molecule has 2 rings (SSSR count). The van der Waals surface area contributed by atoms with Crippen LogP contribution in [0.1, 0.15) is 81.7 Å². The van der Waals surface area contributed by atoms with E-state index in [4.69, 9.17) is 9.72 Å². The third-order valence-electron chi connectivity index (χ3n) is 4.20. The van der Waals surface area contributed by atoms with Gasteiger partial charge in [-0.25, -0.2) is 4.79 Å². The highest BCUT2D eigenvalue weighted by molar-refractivity contribution is 5.91. The minimum absolute atomic E-state index is 0.0841. The molecule has 1 heterocycles. The second-order valence-corrected chi connectivity index (χ2v) is 7.60. The lowest BCUT2D eigenvalue weighted by Gasteiger charge is -2.34. The standard InChI is InChI=1S/C18H27NO2/c1-7-21-16(20)13-11-12-9-8-10-18(5,6)14(12)19-15(13)17(2,3)4/h11H,7-10H2,1-6H3. The monoisotopic (exact) mass is 289 g/mol. The Labute approximate surface area is 128 Å². The zero-order valence-corrected chi connectivity index (χ0v) is 14.2. The average molecular weight is 289 g/mol. The lowest BCUT2D eigenvalue weighted by atomic mass is 9.74. The van der Waals surface area contributed by atoms with E-state index in [1.807, 2.05) is 13.0 Å². The Hall–Kier alpha value is -1.38. The van der Waals surface area contributed by atoms with Gasteiger partial charge in [0.25, 0.3) is 0 Å². The van der Waals surface area contributed by atoms with E-state index in [9.17, 15) is 4.79 Å². The molecule has 116 valence electrons. The van der Waals surface area contributed by atoms with Crippen molar-refractivity contribution in [2.45, 2.75) is 71.6 Å². The normalized spacial score (nSPS) is 17.2. The first kappa shape index (κ1) is 16.0. The summed E-state index contributed by atoms with van der Waals surface area (Å²) in [6.45, 7) is 13.0. The fourth-order valence-corrected chi connectivity index (χ4v) is 3.11. The van der Waals surface area contributed by atoms with Crippen LogP contribution in [0.4, 0.5) is 0 Å². The van der Waals surface area contributed by atoms with Crippen molar-refractivity contribution in [1.82, 2.24) is 4.98 Å². The van der Waals surface area contributed by atoms with Crippen LogP contribution in [0.2, 0.25) is 0 Å². The molecule has 1 aliphatic rings. The number of esters is 1. The van der Waals surface area contributed by atoms with E-state index < -0.39 is 0 Å². The molecule has 0 radical (unpaired) electrons. The second-order valence-electron chi connectivity index (χ2n) is 7.60. The van der Waals surface area contributed by atoms with Crippen LogP contribution < -0.4 is 0 Å². The molecule has 0 bridgehead atoms. The number of aromatic nitrogens is 1. The van der Waals surface area contributed by atoms with Crippen molar-refractivity contribution in [3.05, 3.63) is 28.6 Å². The molecule has 3 heteroatoms. The highest BCUT2D eigenvalue weighted by Crippen LogP contribution is 2.38. The van der Waals surface area contributed by atoms with E-state index in [0.29, 0.717) is 12.2 Å². The summed E-state index contributed by atoms with van der Waals surface area (Å²) in [6.07, 6.45) is 3.30. The first-order valence-electron chi connectivity index (χ1n) is 7.89. The van der Waals surface area contributed by atoms with Crippen LogP contribution in [0.3, 0.4) is 0 Å². The molecule has 0 aliphatic heterocycles. The van der Waals surface area contributed by atoms with E-state index >= 15 is 0 Å². The Balaban J connectivity index is 2.63. The van der Waals surface area contributed by atoms with Crippen LogP contribution in [0.25, 0.3) is 0 Å². The van der Waals surface area contributed by atoms with Crippen LogP contribution in [-0.2, 0) is 22.0 Å². The summed E-state index contributed by atoms with van der Waals surface area (Å²) in [5.41, 5.74) is 3.77. The zero-order chi connectivity index (χ0) is 15.8. The molecule has 0 saturated heterocycles. The lowest BCUT2D eigenvalue weighted by molar-refractivity contribution is 0.0522. The van der Waals surface area contributed by atoms with Crippen molar-refractivity contribution >= 4 is 5.97 Å². The maximum absolute atomic E-state index is 12.3. The van der Waals surface area contributed by atoms with E-state index in [1.165, 1.54) is 5.56 Å². The predicted octanol–water partition coefficient (Wildman–Crippen LogP) is 4.17. The van der Waals surface area contributed by atoms with Gasteiger partial charge in [0.15, 0.2) is 0 Å². The molecule has 21 heavy (non-hydrogen) atoms. The molecule has 0 amide bonds. The Bertz CT molecular complexity index is 553. The van der Waals surface area contributed by atoms with Gasteiger partial charge < -0.3 is 4.74 Å². The average Bonchev–Trinajstić information content (AvgIpc) is 2.36. The van der Waals surface area contributed by atoms with E-state index in [1.54, 1.807) is 0 Å². The summed E-state index contributed by atoms with van der Waals surface area (Å²) in [5.74, 6) is -0.249. The second kappa shape index (κ2) is 5.43. The van der Waals surface area contributed by atoms with E-state index in [0.717, 1.165) is 30.7 Å². The molecule has 0 unspecified atom stereocenters. The molecule has 0 aromatic carbocycles. The van der Waals surface area contributed by atoms with Gasteiger partial charge in [-0.05, 0) is 37.8 Å². The number of fused-ring (bicyclic) bond motifs is 1. The van der Waals surface area contributed by atoms with E-state index in [-0.39, 0.29) is 16.8 Å². The maximum atomic E-state index is 12.3. The zero-order valence-electron chi connectivity index (χ0n) is 14.2. The fourth-order valence-electron chi connectivity index (χ4n) is 3.11. The quantitative estimate of drug-likeness (QED) is 0.767. The van der Waals surface area contributed by atoms with Gasteiger partial charge in [-0.2, -0.15) is 0 Å². The van der Waals surface area contributed by atoms with Crippen molar-refractivity contribution in [2.24, 2.45) is 0 Å². The van der Waals surface area contributed by atoms with Crippen LogP contribution in [0.5, 0.6) is 0 Å². The first-order chi connectivity index (χ1) is 9.66. The largest absolute Gasteiger partial charge is 0.462 e. The van der Waals surface area contributed by atoms with E-state index in [2.05, 4.69) is 34.6 Å². The van der Waals surface area contributed by atoms with Gasteiger partial charge in [-0.3, -0.25) is 4.98 Å². The van der Waals surface area contributed by atoms with Crippen LogP contribution in [0.15, 0.2) is 6.07 Å². The van der Waals surface area contributed by atoms with Gasteiger partial charge in [-0.15, -0.1) is 0 Å². The molecule has 1 aliphatic carbocycles. The van der Waals surface area contributed by atoms with Gasteiger partial charge in [0, 0.05) is 16.5 Å². The SMILES string of the molecule is CCOC(=O)c1cc2c(nc1C(C)(C)C)C(C)(C)CCC2. The maximum Gasteiger partial charge on any atom is 0.340 e. The fraction of sp³-hybridized carbons (Fsp3) is 0.667. The van der Waals surface area contributed by atoms with Crippen molar-refractivity contribution in [1.29, 1.82) is 0 Å². The molecule has 1 aromatic heterocycles. The molecule has 1 aromatic rings. The summed E-state index contributed by atoms with van der Waals surface area (Å²) in [4.78, 5) is 17.2. The van der Waals surface area contributed by atoms with Gasteiger partial charge in [-0.1, -0.05) is 34.6 Å². The Morgan fingerprint density at radius 1 is 1.38 bits per heavy atom. The third kappa shape index (κ3) is 3.12. The van der Waals surface area contributed by atoms with Crippen LogP contribution >= 0.6 is 0 Å². The summed E-state index contributed by atoms with van der Waals surface area (Å²) >= 11 is 0. The number of aryl methyl sites for hydroxylation is 1.